The van der Waals surface area contributed by atoms with Crippen molar-refractivity contribution >= 4 is 5.96 Å². The van der Waals surface area contributed by atoms with Crippen LogP contribution in [0.1, 0.15) is 38.2 Å². The summed E-state index contributed by atoms with van der Waals surface area (Å²) in [6.07, 6.45) is 5.15. The van der Waals surface area contributed by atoms with Gasteiger partial charge in [-0.25, -0.2) is 8.78 Å². The molecule has 28 heavy (non-hydrogen) atoms. The van der Waals surface area contributed by atoms with Crippen LogP contribution in [-0.2, 0) is 15.9 Å². The van der Waals surface area contributed by atoms with E-state index in [9.17, 15) is 8.78 Å². The number of guanidine groups is 1. The predicted octanol–water partition coefficient (Wildman–Crippen LogP) is 3.13. The van der Waals surface area contributed by atoms with Crippen LogP contribution in [0.15, 0.2) is 23.2 Å². The van der Waals surface area contributed by atoms with E-state index in [1.54, 1.807) is 0 Å². The first kappa shape index (κ1) is 21.0. The number of nitrogens with one attached hydrogen (secondary N) is 1. The van der Waals surface area contributed by atoms with Gasteiger partial charge in [0.25, 0.3) is 0 Å². The van der Waals surface area contributed by atoms with Gasteiger partial charge in [-0.1, -0.05) is 6.07 Å². The van der Waals surface area contributed by atoms with Crippen molar-refractivity contribution in [2.24, 2.45) is 4.99 Å². The lowest BCUT2D eigenvalue weighted by Crippen LogP contribution is -2.47. The number of nitrogens with zero attached hydrogens (tertiary/aromatic N) is 2. The van der Waals surface area contributed by atoms with E-state index in [-0.39, 0.29) is 12.2 Å². The number of hydrogen-bond acceptors (Lipinski definition) is 3. The minimum atomic E-state index is -0.553. The predicted molar refractivity (Wildman–Crippen MR) is 106 cm³/mol. The van der Waals surface area contributed by atoms with Gasteiger partial charge in [0.15, 0.2) is 5.96 Å². The largest absolute Gasteiger partial charge is 0.376 e. The Morgan fingerprint density at radius 3 is 2.79 bits per heavy atom. The molecule has 0 spiro atoms. The summed E-state index contributed by atoms with van der Waals surface area (Å²) in [5.41, 5.74) is 0.488. The molecule has 156 valence electrons. The van der Waals surface area contributed by atoms with E-state index in [1.807, 2.05) is 6.92 Å². The van der Waals surface area contributed by atoms with E-state index >= 15 is 0 Å². The second kappa shape index (κ2) is 10.7. The molecular weight excluding hydrogens is 364 g/mol. The zero-order valence-corrected chi connectivity index (χ0v) is 16.6. The standard InChI is InChI=1S/C21H31F2N3O2/c1-2-24-21(25-10-7-16-5-6-17(22)14-20(16)23)26-11-8-18(9-12-26)28-15-19-4-3-13-27-19/h5-6,14,18-19H,2-4,7-13,15H2,1H3,(H,24,25). The summed E-state index contributed by atoms with van der Waals surface area (Å²) >= 11 is 0. The van der Waals surface area contributed by atoms with Crippen LogP contribution in [-0.4, -0.2) is 62.5 Å². The van der Waals surface area contributed by atoms with E-state index in [1.165, 1.54) is 12.1 Å². The van der Waals surface area contributed by atoms with Gasteiger partial charge < -0.3 is 19.7 Å². The average Bonchev–Trinajstić information content (AvgIpc) is 3.21. The van der Waals surface area contributed by atoms with E-state index in [4.69, 9.17) is 9.47 Å². The van der Waals surface area contributed by atoms with Crippen LogP contribution in [0, 0.1) is 11.6 Å². The fraction of sp³-hybridized carbons (Fsp3) is 0.667. The first-order valence-electron chi connectivity index (χ1n) is 10.4. The topological polar surface area (TPSA) is 46.1 Å². The highest BCUT2D eigenvalue weighted by Gasteiger charge is 2.24. The van der Waals surface area contributed by atoms with E-state index < -0.39 is 11.6 Å². The van der Waals surface area contributed by atoms with Crippen LogP contribution in [0.5, 0.6) is 0 Å². The Bertz CT molecular complexity index is 643. The number of rotatable bonds is 7. The highest BCUT2D eigenvalue weighted by molar-refractivity contribution is 5.80. The molecular formula is C21H31F2N3O2. The molecule has 7 heteroatoms. The molecule has 0 aromatic heterocycles. The van der Waals surface area contributed by atoms with Crippen molar-refractivity contribution in [1.29, 1.82) is 0 Å². The Labute approximate surface area is 166 Å². The zero-order valence-electron chi connectivity index (χ0n) is 16.6. The summed E-state index contributed by atoms with van der Waals surface area (Å²) in [6, 6.07) is 3.70. The molecule has 1 aromatic carbocycles. The Morgan fingerprint density at radius 2 is 2.11 bits per heavy atom. The van der Waals surface area contributed by atoms with Crippen molar-refractivity contribution in [2.45, 2.75) is 51.2 Å². The molecule has 1 unspecified atom stereocenters. The Balaban J connectivity index is 1.46. The van der Waals surface area contributed by atoms with Gasteiger partial charge in [-0.15, -0.1) is 0 Å². The third kappa shape index (κ3) is 6.14. The van der Waals surface area contributed by atoms with Crippen LogP contribution < -0.4 is 5.32 Å². The van der Waals surface area contributed by atoms with Crippen LogP contribution in [0.25, 0.3) is 0 Å². The monoisotopic (exact) mass is 395 g/mol. The van der Waals surface area contributed by atoms with Crippen molar-refractivity contribution in [2.75, 3.05) is 39.4 Å². The second-order valence-electron chi connectivity index (χ2n) is 7.38. The molecule has 2 aliphatic rings. The van der Waals surface area contributed by atoms with Crippen molar-refractivity contribution in [3.8, 4) is 0 Å². The SMILES string of the molecule is CCNC(=NCCc1ccc(F)cc1F)N1CCC(OCC2CCCO2)CC1. The highest BCUT2D eigenvalue weighted by Crippen LogP contribution is 2.18. The Hall–Kier alpha value is -1.73. The van der Waals surface area contributed by atoms with Crippen LogP contribution in [0.4, 0.5) is 8.78 Å². The quantitative estimate of drug-likeness (QED) is 0.569. The number of benzene rings is 1. The minimum absolute atomic E-state index is 0.267. The van der Waals surface area contributed by atoms with Gasteiger partial charge in [-0.2, -0.15) is 0 Å². The minimum Gasteiger partial charge on any atom is -0.376 e. The van der Waals surface area contributed by atoms with Gasteiger partial charge in [0.2, 0.25) is 0 Å². The molecule has 0 radical (unpaired) electrons. The normalized spacial score (nSPS) is 21.3. The zero-order chi connectivity index (χ0) is 19.8. The fourth-order valence-corrected chi connectivity index (χ4v) is 3.69. The maximum atomic E-state index is 13.8. The first-order chi connectivity index (χ1) is 13.7. The maximum Gasteiger partial charge on any atom is 0.193 e. The number of piperidine rings is 1. The second-order valence-corrected chi connectivity index (χ2v) is 7.38. The van der Waals surface area contributed by atoms with E-state index in [0.29, 0.717) is 25.1 Å². The lowest BCUT2D eigenvalue weighted by atomic mass is 10.1. The summed E-state index contributed by atoms with van der Waals surface area (Å²) in [4.78, 5) is 6.87. The first-order valence-corrected chi connectivity index (χ1v) is 10.4. The van der Waals surface area contributed by atoms with Crippen molar-refractivity contribution < 1.29 is 18.3 Å². The van der Waals surface area contributed by atoms with Gasteiger partial charge in [0, 0.05) is 38.9 Å². The molecule has 2 saturated heterocycles. The maximum absolute atomic E-state index is 13.8. The number of likely N-dealkylation sites (tertiary alicyclic amines) is 1. The highest BCUT2D eigenvalue weighted by atomic mass is 19.1. The molecule has 2 fully saturated rings. The molecule has 2 heterocycles. The third-order valence-electron chi connectivity index (χ3n) is 5.28. The molecule has 0 saturated carbocycles. The number of halogens is 2. The molecule has 1 aromatic rings. The Kier molecular flexibility index (Phi) is 8.03. The fourth-order valence-electron chi connectivity index (χ4n) is 3.69. The van der Waals surface area contributed by atoms with E-state index in [0.717, 1.165) is 64.0 Å². The lowest BCUT2D eigenvalue weighted by Gasteiger charge is -2.34. The third-order valence-corrected chi connectivity index (χ3v) is 5.28. The Morgan fingerprint density at radius 1 is 1.29 bits per heavy atom. The van der Waals surface area contributed by atoms with Crippen LogP contribution in [0.3, 0.4) is 0 Å². The molecule has 0 amide bonds. The van der Waals surface area contributed by atoms with E-state index in [2.05, 4.69) is 15.2 Å². The summed E-state index contributed by atoms with van der Waals surface area (Å²) in [6.45, 7) is 6.59. The molecule has 0 aliphatic carbocycles. The number of ether oxygens (including phenoxy) is 2. The molecule has 5 nitrogen and oxygen atoms in total. The smallest absolute Gasteiger partial charge is 0.193 e. The van der Waals surface area contributed by atoms with Crippen LogP contribution in [0.2, 0.25) is 0 Å². The summed E-state index contributed by atoms with van der Waals surface area (Å²) in [7, 11) is 0. The van der Waals surface area contributed by atoms with Gasteiger partial charge >= 0.3 is 0 Å². The molecule has 2 aliphatic heterocycles. The molecule has 1 N–H and O–H groups in total. The van der Waals surface area contributed by atoms with Crippen molar-refractivity contribution in [3.05, 3.63) is 35.4 Å². The van der Waals surface area contributed by atoms with Gasteiger partial charge in [-0.05, 0) is 50.7 Å². The van der Waals surface area contributed by atoms with Crippen molar-refractivity contribution in [3.63, 3.8) is 0 Å². The van der Waals surface area contributed by atoms with Gasteiger partial charge in [0.1, 0.15) is 11.6 Å². The molecule has 0 bridgehead atoms. The van der Waals surface area contributed by atoms with Crippen molar-refractivity contribution in [1.82, 2.24) is 10.2 Å². The summed E-state index contributed by atoms with van der Waals surface area (Å²) in [5.74, 6) is -0.213. The summed E-state index contributed by atoms with van der Waals surface area (Å²) in [5, 5.41) is 3.32. The number of aliphatic imine (C=N–C) groups is 1. The summed E-state index contributed by atoms with van der Waals surface area (Å²) < 4.78 is 38.4. The average molecular weight is 395 g/mol. The van der Waals surface area contributed by atoms with Crippen LogP contribution >= 0.6 is 0 Å². The molecule has 1 atom stereocenters. The van der Waals surface area contributed by atoms with Gasteiger partial charge in [0.05, 0.1) is 18.8 Å². The van der Waals surface area contributed by atoms with Gasteiger partial charge in [-0.3, -0.25) is 4.99 Å². The lowest BCUT2D eigenvalue weighted by molar-refractivity contribution is -0.0367. The number of hydrogen-bond donors (Lipinski definition) is 1. The molecule has 3 rings (SSSR count).